The zero-order valence-corrected chi connectivity index (χ0v) is 50.5. The minimum Gasteiger partial charge on any atom is -0.304 e. The molecule has 13 rings (SSSR count). The SMILES string of the molecule is N#Cc1cc(C#N)cc(-c2c[c-]c(-c3ccc(-c4ccccc4-c4cc(-c5ccccc5-c5ccc(-c6[c-]cc(-c7cc(C#N)cc(C#N)c7)cc6)nc5)cc(-c5ccccc5-c5ccc(-c6[c-]cc(-c7cc(C#N)cc(C#N)c7)cc6)nc5)c4)cn3)cc2)c1.[Ir+3]. The van der Waals surface area contributed by atoms with Gasteiger partial charge in [0.15, 0.2) is 0 Å². The standard InChI is InChI=1S/C81H42N9.Ir/c82-43-52-31-53(44-83)35-67(34-52)58-13-19-61(20-14-58)79-28-25-64(49-88-79)73-7-1-4-10-76(73)70-40-71(77-11-5-2-8-74(77)65-26-29-80(89-50-65)62-21-15-59(16-22-62)68-36-54(45-84)32-55(37-68)46-85)42-72(41-70)78-12-6-3-9-75(78)66-27-30-81(90-51-66)63-23-17-60(18-24-63)69-38-56(47-86)33-57(39-69)48-87;/h1-19,21,23,25-42,49-51H;/q-3;+3. The van der Waals surface area contributed by atoms with Gasteiger partial charge in [0.05, 0.1) is 69.8 Å². The molecule has 420 valence electrons. The molecule has 10 aromatic carbocycles. The van der Waals surface area contributed by atoms with Crippen molar-refractivity contribution in [2.45, 2.75) is 0 Å². The molecular formula is C81H42IrN9. The number of nitrogens with zero attached hydrogens (tertiary/aromatic N) is 9. The van der Waals surface area contributed by atoms with Crippen LogP contribution in [0.3, 0.4) is 0 Å². The summed E-state index contributed by atoms with van der Waals surface area (Å²) in [6, 6.07) is 99.7. The van der Waals surface area contributed by atoms with Gasteiger partial charge in [-0.1, -0.05) is 143 Å². The van der Waals surface area contributed by atoms with Crippen molar-refractivity contribution in [3.8, 4) is 170 Å². The Balaban J connectivity index is 0.00000800. The molecule has 3 heterocycles. The Bertz CT molecular complexity index is 4580. The van der Waals surface area contributed by atoms with Crippen molar-refractivity contribution in [3.05, 3.63) is 307 Å². The van der Waals surface area contributed by atoms with E-state index in [1.165, 1.54) is 0 Å². The Labute approximate surface area is 540 Å². The molecular weight excluding hydrogens is 1290 g/mol. The predicted molar refractivity (Wildman–Crippen MR) is 350 cm³/mol. The smallest absolute Gasteiger partial charge is 0.304 e. The van der Waals surface area contributed by atoms with Crippen LogP contribution in [0, 0.1) is 86.2 Å². The van der Waals surface area contributed by atoms with Gasteiger partial charge in [0.1, 0.15) is 0 Å². The number of aromatic nitrogens is 3. The van der Waals surface area contributed by atoms with E-state index in [1.54, 1.807) is 54.6 Å². The van der Waals surface area contributed by atoms with Crippen molar-refractivity contribution in [2.24, 2.45) is 0 Å². The fraction of sp³-hybridized carbons (Fsp3) is 0. The van der Waals surface area contributed by atoms with Crippen LogP contribution in [-0.2, 0) is 20.1 Å². The van der Waals surface area contributed by atoms with Crippen LogP contribution in [-0.4, -0.2) is 15.0 Å². The minimum absolute atomic E-state index is 0. The van der Waals surface area contributed by atoms with E-state index in [0.29, 0.717) is 33.4 Å². The monoisotopic (exact) mass is 1330 g/mol. The molecule has 0 atom stereocenters. The van der Waals surface area contributed by atoms with Crippen LogP contribution < -0.4 is 0 Å². The molecule has 0 spiro atoms. The van der Waals surface area contributed by atoms with Crippen molar-refractivity contribution in [1.29, 1.82) is 31.6 Å². The van der Waals surface area contributed by atoms with Gasteiger partial charge in [0.25, 0.3) is 0 Å². The molecule has 0 aliphatic rings. The molecule has 0 bridgehead atoms. The summed E-state index contributed by atoms with van der Waals surface area (Å²) in [6.07, 6.45) is 5.69. The molecule has 0 N–H and O–H groups in total. The van der Waals surface area contributed by atoms with Crippen LogP contribution in [0.4, 0.5) is 0 Å². The number of hydrogen-bond donors (Lipinski definition) is 0. The Morgan fingerprint density at radius 1 is 0.231 bits per heavy atom. The van der Waals surface area contributed by atoms with E-state index in [0.717, 1.165) is 134 Å². The molecule has 0 aliphatic heterocycles. The Hall–Kier alpha value is -12.8. The molecule has 0 saturated heterocycles. The van der Waals surface area contributed by atoms with Gasteiger partial charge in [-0.3, -0.25) is 0 Å². The molecule has 0 unspecified atom stereocenters. The van der Waals surface area contributed by atoms with Crippen molar-refractivity contribution in [3.63, 3.8) is 0 Å². The van der Waals surface area contributed by atoms with Crippen LogP contribution in [0.25, 0.3) is 134 Å². The third-order valence-electron chi connectivity index (χ3n) is 15.7. The summed E-state index contributed by atoms with van der Waals surface area (Å²) < 4.78 is 0. The maximum Gasteiger partial charge on any atom is 3.00 e. The second-order valence-corrected chi connectivity index (χ2v) is 21.3. The van der Waals surface area contributed by atoms with E-state index in [4.69, 9.17) is 15.0 Å². The first-order chi connectivity index (χ1) is 44.2. The summed E-state index contributed by atoms with van der Waals surface area (Å²) in [4.78, 5) is 14.9. The molecule has 0 saturated carbocycles. The van der Waals surface area contributed by atoms with E-state index < -0.39 is 0 Å². The molecule has 9 nitrogen and oxygen atoms in total. The fourth-order valence-corrected chi connectivity index (χ4v) is 11.3. The number of benzene rings is 10. The van der Waals surface area contributed by atoms with Crippen LogP contribution in [0.1, 0.15) is 33.4 Å². The van der Waals surface area contributed by atoms with Crippen molar-refractivity contribution in [2.75, 3.05) is 0 Å². The first-order valence-electron chi connectivity index (χ1n) is 28.5. The third kappa shape index (κ3) is 12.3. The maximum atomic E-state index is 9.58. The number of hydrogen-bond acceptors (Lipinski definition) is 9. The van der Waals surface area contributed by atoms with Crippen LogP contribution in [0.5, 0.6) is 0 Å². The summed E-state index contributed by atoms with van der Waals surface area (Å²) in [6.45, 7) is 0. The topological polar surface area (TPSA) is 181 Å². The van der Waals surface area contributed by atoms with Gasteiger partial charge in [0, 0.05) is 18.6 Å². The summed E-state index contributed by atoms with van der Waals surface area (Å²) in [5, 5.41) is 57.5. The second kappa shape index (κ2) is 26.1. The van der Waals surface area contributed by atoms with Gasteiger partial charge >= 0.3 is 20.1 Å². The van der Waals surface area contributed by atoms with E-state index in [1.807, 2.05) is 110 Å². The van der Waals surface area contributed by atoms with Crippen LogP contribution in [0.2, 0.25) is 0 Å². The summed E-state index contributed by atoms with van der Waals surface area (Å²) in [5.74, 6) is 0. The van der Waals surface area contributed by atoms with E-state index in [-0.39, 0.29) is 20.1 Å². The zero-order valence-electron chi connectivity index (χ0n) is 48.1. The Morgan fingerprint density at radius 3 is 0.659 bits per heavy atom. The molecule has 0 fully saturated rings. The maximum absolute atomic E-state index is 9.58. The number of rotatable bonds is 12. The fourth-order valence-electron chi connectivity index (χ4n) is 11.3. The van der Waals surface area contributed by atoms with Crippen LogP contribution in [0.15, 0.2) is 255 Å². The van der Waals surface area contributed by atoms with E-state index in [2.05, 4.69) is 146 Å². The molecule has 91 heavy (non-hydrogen) atoms. The summed E-state index contributed by atoms with van der Waals surface area (Å²) in [7, 11) is 0. The number of nitriles is 6. The molecule has 0 amide bonds. The first kappa shape index (κ1) is 58.6. The van der Waals surface area contributed by atoms with Crippen LogP contribution >= 0.6 is 0 Å². The van der Waals surface area contributed by atoms with Crippen molar-refractivity contribution in [1.82, 2.24) is 15.0 Å². The normalized spacial score (nSPS) is 10.5. The molecule has 0 radical (unpaired) electrons. The molecule has 10 heteroatoms. The van der Waals surface area contributed by atoms with Gasteiger partial charge in [-0.25, -0.2) is 0 Å². The van der Waals surface area contributed by atoms with E-state index in [9.17, 15) is 31.6 Å². The summed E-state index contributed by atoms with van der Waals surface area (Å²) in [5.41, 5.74) is 23.7. The van der Waals surface area contributed by atoms with E-state index >= 15 is 0 Å². The third-order valence-corrected chi connectivity index (χ3v) is 15.7. The first-order valence-corrected chi connectivity index (χ1v) is 28.5. The van der Waals surface area contributed by atoms with Crippen molar-refractivity contribution >= 4 is 0 Å². The van der Waals surface area contributed by atoms with Crippen molar-refractivity contribution < 1.29 is 20.1 Å². The molecule has 13 aromatic rings. The van der Waals surface area contributed by atoms with Gasteiger partial charge in [-0.05, 0) is 157 Å². The summed E-state index contributed by atoms with van der Waals surface area (Å²) >= 11 is 0. The minimum atomic E-state index is 0. The molecule has 3 aromatic heterocycles. The Kier molecular flexibility index (Phi) is 16.8. The molecule has 0 aliphatic carbocycles. The van der Waals surface area contributed by atoms with Gasteiger partial charge in [0.2, 0.25) is 0 Å². The number of pyridine rings is 3. The zero-order chi connectivity index (χ0) is 61.5. The largest absolute Gasteiger partial charge is 3.00 e. The van der Waals surface area contributed by atoms with Gasteiger partial charge in [-0.2, -0.15) is 31.6 Å². The van der Waals surface area contributed by atoms with Gasteiger partial charge < -0.3 is 15.0 Å². The predicted octanol–water partition coefficient (Wildman–Crippen LogP) is 18.5. The van der Waals surface area contributed by atoms with Gasteiger partial charge in [-0.15, -0.1) is 89.5 Å². The Morgan fingerprint density at radius 2 is 0.462 bits per heavy atom. The second-order valence-electron chi connectivity index (χ2n) is 21.3. The average Bonchev–Trinajstić information content (AvgIpc) is 0.976. The average molecular weight is 1330 g/mol. The quantitative estimate of drug-likeness (QED) is 0.108.